The molecular formula is C9H12O6. The number of carboxylic acids is 2. The average molecular weight is 216 g/mol. The zero-order valence-corrected chi connectivity index (χ0v) is 8.34. The molecule has 0 unspecified atom stereocenters. The lowest BCUT2D eigenvalue weighted by atomic mass is 10.5. The van der Waals surface area contributed by atoms with Crippen LogP contribution in [0.1, 0.15) is 6.92 Å². The predicted molar refractivity (Wildman–Crippen MR) is 51.2 cm³/mol. The summed E-state index contributed by atoms with van der Waals surface area (Å²) in [6.07, 6.45) is 4.11. The number of methoxy groups -OCH3 is 1. The second-order valence-electron chi connectivity index (χ2n) is 2.03. The molecular weight excluding hydrogens is 204 g/mol. The number of carbonyl (C=O) groups excluding carboxylic acids is 1. The van der Waals surface area contributed by atoms with Crippen LogP contribution in [0.2, 0.25) is 0 Å². The quantitative estimate of drug-likeness (QED) is 0.524. The highest BCUT2D eigenvalue weighted by molar-refractivity contribution is 5.90. The lowest BCUT2D eigenvalue weighted by molar-refractivity contribution is -0.136. The first-order chi connectivity index (χ1) is 6.93. The number of carboxylic acid groups (broad SMARTS) is 2. The van der Waals surface area contributed by atoms with Crippen molar-refractivity contribution in [2.75, 3.05) is 7.11 Å². The molecule has 0 atom stereocenters. The standard InChI is InChI=1S/C5H6O4.C4H6O2/c1-9-5(8)3-2-4(6)7;1-2-3-4(5)6/h2-3H,1H3,(H,6,7);2-3H,1H3,(H,5,6). The van der Waals surface area contributed by atoms with E-state index in [-0.39, 0.29) is 0 Å². The van der Waals surface area contributed by atoms with E-state index < -0.39 is 17.9 Å². The van der Waals surface area contributed by atoms with Gasteiger partial charge in [-0.2, -0.15) is 0 Å². The summed E-state index contributed by atoms with van der Waals surface area (Å²) in [5.41, 5.74) is 0. The number of rotatable bonds is 3. The molecule has 0 aromatic heterocycles. The molecule has 6 nitrogen and oxygen atoms in total. The van der Waals surface area contributed by atoms with Gasteiger partial charge in [-0.15, -0.1) is 0 Å². The van der Waals surface area contributed by atoms with Crippen LogP contribution < -0.4 is 0 Å². The fraction of sp³-hybridized carbons (Fsp3) is 0.222. The molecule has 2 N–H and O–H groups in total. The van der Waals surface area contributed by atoms with Crippen LogP contribution in [-0.4, -0.2) is 35.2 Å². The molecule has 15 heavy (non-hydrogen) atoms. The van der Waals surface area contributed by atoms with Gasteiger partial charge in [0, 0.05) is 18.2 Å². The molecule has 0 saturated heterocycles. The van der Waals surface area contributed by atoms with Crippen LogP contribution in [-0.2, 0) is 19.1 Å². The van der Waals surface area contributed by atoms with Gasteiger partial charge in [0.15, 0.2) is 0 Å². The maximum absolute atomic E-state index is 10.1. The molecule has 84 valence electrons. The topological polar surface area (TPSA) is 101 Å². The van der Waals surface area contributed by atoms with E-state index in [4.69, 9.17) is 10.2 Å². The summed E-state index contributed by atoms with van der Waals surface area (Å²) in [4.78, 5) is 29.4. The molecule has 0 amide bonds. The van der Waals surface area contributed by atoms with Crippen molar-refractivity contribution in [1.82, 2.24) is 0 Å². The van der Waals surface area contributed by atoms with Gasteiger partial charge < -0.3 is 14.9 Å². The van der Waals surface area contributed by atoms with Gasteiger partial charge in [-0.05, 0) is 6.92 Å². The van der Waals surface area contributed by atoms with Gasteiger partial charge in [0.05, 0.1) is 7.11 Å². The summed E-state index contributed by atoms with van der Waals surface area (Å²) in [5, 5.41) is 15.8. The third-order valence-electron chi connectivity index (χ3n) is 0.872. The van der Waals surface area contributed by atoms with Crippen molar-refractivity contribution < 1.29 is 29.3 Å². The SMILES string of the molecule is CC=CC(=O)O.COC(=O)C=CC(=O)O. The van der Waals surface area contributed by atoms with Crippen LogP contribution in [0.25, 0.3) is 0 Å². The smallest absolute Gasteiger partial charge is 0.330 e. The largest absolute Gasteiger partial charge is 0.478 e. The molecule has 0 fully saturated rings. The number of esters is 1. The average Bonchev–Trinajstić information content (AvgIpc) is 2.14. The van der Waals surface area contributed by atoms with Gasteiger partial charge in [0.25, 0.3) is 0 Å². The van der Waals surface area contributed by atoms with Gasteiger partial charge in [-0.25, -0.2) is 14.4 Å². The third kappa shape index (κ3) is 18.7. The van der Waals surface area contributed by atoms with E-state index in [2.05, 4.69) is 4.74 Å². The molecule has 6 heteroatoms. The van der Waals surface area contributed by atoms with Crippen molar-refractivity contribution in [2.24, 2.45) is 0 Å². The Labute approximate surface area is 86.5 Å². The van der Waals surface area contributed by atoms with Crippen molar-refractivity contribution in [2.45, 2.75) is 6.92 Å². The molecule has 0 rings (SSSR count). The van der Waals surface area contributed by atoms with Crippen molar-refractivity contribution in [3.63, 3.8) is 0 Å². The fourth-order valence-electron chi connectivity index (χ4n) is 0.350. The molecule has 0 aliphatic carbocycles. The maximum Gasteiger partial charge on any atom is 0.330 e. The molecule has 0 radical (unpaired) electrons. The predicted octanol–water partition coefficient (Wildman–Crippen LogP) is 0.447. The zero-order chi connectivity index (χ0) is 12.3. The van der Waals surface area contributed by atoms with Gasteiger partial charge >= 0.3 is 17.9 Å². The molecule has 0 bridgehead atoms. The van der Waals surface area contributed by atoms with Crippen molar-refractivity contribution >= 4 is 17.9 Å². The lowest BCUT2D eigenvalue weighted by Gasteiger charge is -1.85. The van der Waals surface area contributed by atoms with E-state index in [1.807, 2.05) is 0 Å². The van der Waals surface area contributed by atoms with E-state index >= 15 is 0 Å². The minimum atomic E-state index is -1.17. The molecule has 0 aliphatic heterocycles. The van der Waals surface area contributed by atoms with Crippen LogP contribution in [0, 0.1) is 0 Å². The molecule has 0 aliphatic rings. The Hall–Kier alpha value is -2.11. The normalized spacial score (nSPS) is 9.47. The minimum Gasteiger partial charge on any atom is -0.478 e. The summed E-state index contributed by atoms with van der Waals surface area (Å²) < 4.78 is 4.11. The van der Waals surface area contributed by atoms with E-state index in [0.29, 0.717) is 6.08 Å². The van der Waals surface area contributed by atoms with Crippen LogP contribution in [0.3, 0.4) is 0 Å². The molecule has 0 heterocycles. The van der Waals surface area contributed by atoms with E-state index in [0.717, 1.165) is 12.2 Å². The van der Waals surface area contributed by atoms with Gasteiger partial charge in [-0.3, -0.25) is 0 Å². The van der Waals surface area contributed by atoms with Crippen molar-refractivity contribution in [3.8, 4) is 0 Å². The van der Waals surface area contributed by atoms with E-state index in [1.165, 1.54) is 13.2 Å². The molecule has 0 aromatic carbocycles. The van der Waals surface area contributed by atoms with Crippen LogP contribution in [0.5, 0.6) is 0 Å². The monoisotopic (exact) mass is 216 g/mol. The van der Waals surface area contributed by atoms with Crippen LogP contribution in [0.15, 0.2) is 24.3 Å². The second-order valence-corrected chi connectivity index (χ2v) is 2.03. The summed E-state index contributed by atoms with van der Waals surface area (Å²) in [7, 11) is 1.18. The Morgan fingerprint density at radius 3 is 1.67 bits per heavy atom. The molecule has 0 saturated carbocycles. The van der Waals surface area contributed by atoms with Crippen molar-refractivity contribution in [3.05, 3.63) is 24.3 Å². The molecule has 0 spiro atoms. The fourth-order valence-corrected chi connectivity index (χ4v) is 0.350. The minimum absolute atomic E-state index is 0.669. The number of hydrogen-bond acceptors (Lipinski definition) is 4. The maximum atomic E-state index is 10.1. The molecule has 0 aromatic rings. The Kier molecular flexibility index (Phi) is 10.2. The van der Waals surface area contributed by atoms with Gasteiger partial charge in [0.2, 0.25) is 0 Å². The number of allylic oxidation sites excluding steroid dienone is 1. The zero-order valence-electron chi connectivity index (χ0n) is 8.34. The number of hydrogen-bond donors (Lipinski definition) is 2. The number of ether oxygens (including phenoxy) is 1. The van der Waals surface area contributed by atoms with E-state index in [9.17, 15) is 14.4 Å². The first-order valence-electron chi connectivity index (χ1n) is 3.78. The highest BCUT2D eigenvalue weighted by Gasteiger charge is 1.91. The summed E-state index contributed by atoms with van der Waals surface area (Å²) in [6, 6.07) is 0. The Morgan fingerprint density at radius 1 is 1.00 bits per heavy atom. The van der Waals surface area contributed by atoms with Crippen LogP contribution >= 0.6 is 0 Å². The Bertz CT molecular complexity index is 276. The number of carbonyl (C=O) groups is 3. The summed E-state index contributed by atoms with van der Waals surface area (Å²) in [5.74, 6) is -2.73. The first kappa shape index (κ1) is 15.4. The highest BCUT2D eigenvalue weighted by Crippen LogP contribution is 1.76. The van der Waals surface area contributed by atoms with Crippen molar-refractivity contribution in [1.29, 1.82) is 0 Å². The van der Waals surface area contributed by atoms with E-state index in [1.54, 1.807) is 6.92 Å². The number of aliphatic carboxylic acids is 2. The first-order valence-corrected chi connectivity index (χ1v) is 3.78. The summed E-state index contributed by atoms with van der Waals surface area (Å²) in [6.45, 7) is 1.66. The Morgan fingerprint density at radius 2 is 1.47 bits per heavy atom. The third-order valence-corrected chi connectivity index (χ3v) is 0.872. The van der Waals surface area contributed by atoms with Gasteiger partial charge in [-0.1, -0.05) is 6.08 Å². The highest BCUT2D eigenvalue weighted by atomic mass is 16.5. The van der Waals surface area contributed by atoms with Gasteiger partial charge in [0.1, 0.15) is 0 Å². The second kappa shape index (κ2) is 9.97. The Balaban J connectivity index is 0. The lowest BCUT2D eigenvalue weighted by Crippen LogP contribution is -1.96. The summed E-state index contributed by atoms with van der Waals surface area (Å²) >= 11 is 0. The van der Waals surface area contributed by atoms with Crippen LogP contribution in [0.4, 0.5) is 0 Å².